The predicted molar refractivity (Wildman–Crippen MR) is 81.5 cm³/mol. The molecule has 0 aromatic carbocycles. The Morgan fingerprint density at radius 1 is 1.25 bits per heavy atom. The van der Waals surface area contributed by atoms with Gasteiger partial charge in [0.25, 0.3) is 0 Å². The Kier molecular flexibility index (Phi) is 4.18. The number of nitrogens with one attached hydrogen (secondary N) is 1. The third-order valence-electron chi connectivity index (χ3n) is 5.03. The number of likely N-dealkylation sites (tertiary alicyclic amines) is 1. The lowest BCUT2D eigenvalue weighted by atomic mass is 9.88. The molecule has 0 radical (unpaired) electrons. The zero-order valence-corrected chi connectivity index (χ0v) is 13.1. The van der Waals surface area contributed by atoms with E-state index in [9.17, 15) is 0 Å². The molecule has 2 fully saturated rings. The van der Waals surface area contributed by atoms with Gasteiger partial charge in [-0.3, -0.25) is 4.90 Å². The first-order valence-electron chi connectivity index (χ1n) is 8.15. The fraction of sp³-hybridized carbons (Fsp3) is 0.765. The van der Waals surface area contributed by atoms with Crippen LogP contribution in [0.1, 0.15) is 50.2 Å². The second-order valence-electron chi connectivity index (χ2n) is 6.93. The van der Waals surface area contributed by atoms with Gasteiger partial charge < -0.3 is 9.73 Å². The van der Waals surface area contributed by atoms with Crippen LogP contribution in [0.3, 0.4) is 0 Å². The summed E-state index contributed by atoms with van der Waals surface area (Å²) in [6.45, 7) is 11.3. The van der Waals surface area contributed by atoms with Gasteiger partial charge in [0.15, 0.2) is 0 Å². The average molecular weight is 276 g/mol. The fourth-order valence-electron chi connectivity index (χ4n) is 3.10. The molecule has 2 aliphatic rings. The van der Waals surface area contributed by atoms with Crippen molar-refractivity contribution in [1.82, 2.24) is 10.2 Å². The maximum Gasteiger partial charge on any atom is 0.118 e. The lowest BCUT2D eigenvalue weighted by Crippen LogP contribution is -2.37. The number of hydrogen-bond acceptors (Lipinski definition) is 3. The van der Waals surface area contributed by atoms with E-state index in [0.29, 0.717) is 0 Å². The third-order valence-corrected chi connectivity index (χ3v) is 5.03. The second-order valence-corrected chi connectivity index (χ2v) is 6.93. The van der Waals surface area contributed by atoms with Crippen molar-refractivity contribution in [3.8, 4) is 0 Å². The first-order chi connectivity index (χ1) is 9.61. The van der Waals surface area contributed by atoms with Crippen LogP contribution in [0.25, 0.3) is 0 Å². The lowest BCUT2D eigenvalue weighted by molar-refractivity contribution is 0.131. The molecule has 0 bridgehead atoms. The first-order valence-corrected chi connectivity index (χ1v) is 8.15. The van der Waals surface area contributed by atoms with Gasteiger partial charge in [0, 0.05) is 24.7 Å². The molecule has 20 heavy (non-hydrogen) atoms. The van der Waals surface area contributed by atoms with Crippen LogP contribution in [0.5, 0.6) is 0 Å². The lowest BCUT2D eigenvalue weighted by Gasteiger charge is -2.35. The maximum absolute atomic E-state index is 5.89. The molecule has 1 saturated carbocycles. The molecule has 3 heteroatoms. The maximum atomic E-state index is 5.89. The van der Waals surface area contributed by atoms with Crippen molar-refractivity contribution in [3.63, 3.8) is 0 Å². The van der Waals surface area contributed by atoms with Gasteiger partial charge >= 0.3 is 0 Å². The summed E-state index contributed by atoms with van der Waals surface area (Å²) < 4.78 is 5.89. The van der Waals surface area contributed by atoms with Crippen LogP contribution in [0.15, 0.2) is 10.5 Å². The normalized spacial score (nSPS) is 27.9. The molecule has 2 atom stereocenters. The van der Waals surface area contributed by atoms with Crippen molar-refractivity contribution < 1.29 is 4.42 Å². The topological polar surface area (TPSA) is 28.4 Å². The minimum Gasteiger partial charge on any atom is -0.465 e. The Hall–Kier alpha value is -0.800. The van der Waals surface area contributed by atoms with Crippen LogP contribution in [-0.4, -0.2) is 24.0 Å². The Morgan fingerprint density at radius 2 is 2.05 bits per heavy atom. The van der Waals surface area contributed by atoms with E-state index in [4.69, 9.17) is 4.42 Å². The summed E-state index contributed by atoms with van der Waals surface area (Å²) in [6, 6.07) is 3.00. The van der Waals surface area contributed by atoms with Crippen molar-refractivity contribution in [3.05, 3.63) is 23.2 Å². The van der Waals surface area contributed by atoms with E-state index >= 15 is 0 Å². The Bertz CT molecular complexity index is 450. The molecule has 3 rings (SSSR count). The van der Waals surface area contributed by atoms with Crippen molar-refractivity contribution in [2.75, 3.05) is 13.1 Å². The molecule has 1 saturated heterocycles. The van der Waals surface area contributed by atoms with E-state index in [-0.39, 0.29) is 0 Å². The van der Waals surface area contributed by atoms with Crippen LogP contribution in [0, 0.1) is 18.8 Å². The summed E-state index contributed by atoms with van der Waals surface area (Å²) >= 11 is 0. The van der Waals surface area contributed by atoms with E-state index in [0.717, 1.165) is 42.5 Å². The molecule has 1 aromatic rings. The monoisotopic (exact) mass is 276 g/mol. The minimum atomic E-state index is 0.744. The summed E-state index contributed by atoms with van der Waals surface area (Å²) in [4.78, 5) is 2.58. The van der Waals surface area contributed by atoms with Crippen LogP contribution < -0.4 is 5.32 Å². The molecule has 3 nitrogen and oxygen atoms in total. The van der Waals surface area contributed by atoms with Gasteiger partial charge in [-0.1, -0.05) is 13.8 Å². The molecule has 0 spiro atoms. The van der Waals surface area contributed by atoms with Gasteiger partial charge in [-0.25, -0.2) is 0 Å². The zero-order chi connectivity index (χ0) is 14.1. The number of piperidine rings is 1. The van der Waals surface area contributed by atoms with Gasteiger partial charge in [0.1, 0.15) is 11.5 Å². The first kappa shape index (κ1) is 14.2. The summed E-state index contributed by atoms with van der Waals surface area (Å²) in [5.74, 6) is 3.88. The fourth-order valence-corrected chi connectivity index (χ4v) is 3.10. The van der Waals surface area contributed by atoms with E-state index < -0.39 is 0 Å². The summed E-state index contributed by atoms with van der Waals surface area (Å²) in [5, 5.41) is 3.52. The molecule has 1 aliphatic heterocycles. The van der Waals surface area contributed by atoms with Gasteiger partial charge in [-0.15, -0.1) is 0 Å². The minimum absolute atomic E-state index is 0.744. The SMILES string of the molecule is Cc1oc(CNC2CC2)cc1CN1CCC(C)C(C)C1. The molecule has 2 heterocycles. The van der Waals surface area contributed by atoms with Crippen LogP contribution in [0.2, 0.25) is 0 Å². The molecule has 2 unspecified atom stereocenters. The summed E-state index contributed by atoms with van der Waals surface area (Å²) in [6.07, 6.45) is 3.99. The van der Waals surface area contributed by atoms with Crippen molar-refractivity contribution in [2.24, 2.45) is 11.8 Å². The Balaban J connectivity index is 1.56. The number of aryl methyl sites for hydroxylation is 1. The molecule has 0 amide bonds. The van der Waals surface area contributed by atoms with Gasteiger partial charge in [-0.05, 0) is 50.6 Å². The van der Waals surface area contributed by atoms with E-state index in [1.165, 1.54) is 37.9 Å². The third kappa shape index (κ3) is 3.44. The summed E-state index contributed by atoms with van der Waals surface area (Å²) in [5.41, 5.74) is 1.37. The molecular formula is C17H28N2O. The molecule has 112 valence electrons. The largest absolute Gasteiger partial charge is 0.465 e. The molecule has 1 N–H and O–H groups in total. The second kappa shape index (κ2) is 5.90. The molecule has 1 aromatic heterocycles. The van der Waals surface area contributed by atoms with Crippen LogP contribution >= 0.6 is 0 Å². The smallest absolute Gasteiger partial charge is 0.118 e. The number of furan rings is 1. The van der Waals surface area contributed by atoms with Crippen molar-refractivity contribution in [1.29, 1.82) is 0 Å². The number of rotatable bonds is 5. The summed E-state index contributed by atoms with van der Waals surface area (Å²) in [7, 11) is 0. The Morgan fingerprint density at radius 3 is 2.75 bits per heavy atom. The molecular weight excluding hydrogens is 248 g/mol. The van der Waals surface area contributed by atoms with E-state index in [2.05, 4.69) is 37.1 Å². The van der Waals surface area contributed by atoms with Crippen LogP contribution in [-0.2, 0) is 13.1 Å². The molecule has 1 aliphatic carbocycles. The van der Waals surface area contributed by atoms with Crippen molar-refractivity contribution in [2.45, 2.75) is 59.2 Å². The number of nitrogens with zero attached hydrogens (tertiary/aromatic N) is 1. The highest BCUT2D eigenvalue weighted by Gasteiger charge is 2.24. The van der Waals surface area contributed by atoms with Gasteiger partial charge in [0.2, 0.25) is 0 Å². The highest BCUT2D eigenvalue weighted by molar-refractivity contribution is 5.21. The van der Waals surface area contributed by atoms with Crippen LogP contribution in [0.4, 0.5) is 0 Å². The van der Waals surface area contributed by atoms with Gasteiger partial charge in [0.05, 0.1) is 6.54 Å². The highest BCUT2D eigenvalue weighted by Crippen LogP contribution is 2.25. The zero-order valence-electron chi connectivity index (χ0n) is 13.1. The predicted octanol–water partition coefficient (Wildman–Crippen LogP) is 3.32. The van der Waals surface area contributed by atoms with Gasteiger partial charge in [-0.2, -0.15) is 0 Å². The number of hydrogen-bond donors (Lipinski definition) is 1. The van der Waals surface area contributed by atoms with Crippen molar-refractivity contribution >= 4 is 0 Å². The van der Waals surface area contributed by atoms with E-state index in [1.54, 1.807) is 0 Å². The highest BCUT2D eigenvalue weighted by atomic mass is 16.3. The quantitative estimate of drug-likeness (QED) is 0.894. The Labute approximate surface area is 122 Å². The average Bonchev–Trinajstić information content (AvgIpc) is 3.17. The standard InChI is InChI=1S/C17H28N2O/c1-12-6-7-19(10-13(12)2)11-15-8-17(20-14(15)3)9-18-16-4-5-16/h8,12-13,16,18H,4-7,9-11H2,1-3H3. The van der Waals surface area contributed by atoms with E-state index in [1.807, 2.05) is 0 Å².